The highest BCUT2D eigenvalue weighted by atomic mass is 32.1. The maximum atomic E-state index is 5.17. The fourth-order valence-corrected chi connectivity index (χ4v) is 1.63. The Bertz CT molecular complexity index is 429. The summed E-state index contributed by atoms with van der Waals surface area (Å²) in [5, 5.41) is 7.78. The number of ether oxygens (including phenoxy) is 1. The zero-order valence-corrected chi connectivity index (χ0v) is 12.5. The van der Waals surface area contributed by atoms with Crippen LogP contribution in [0.5, 0.6) is 5.75 Å². The van der Waals surface area contributed by atoms with E-state index in [-0.39, 0.29) is 0 Å². The van der Waals surface area contributed by atoms with Crippen LogP contribution in [0, 0.1) is 0 Å². The number of nitrogens with one attached hydrogen (secondary N) is 2. The lowest BCUT2D eigenvalue weighted by molar-refractivity contribution is 0.415. The van der Waals surface area contributed by atoms with Crippen molar-refractivity contribution in [1.29, 1.82) is 0 Å². The van der Waals surface area contributed by atoms with Crippen molar-refractivity contribution < 1.29 is 4.74 Å². The van der Waals surface area contributed by atoms with E-state index >= 15 is 0 Å². The van der Waals surface area contributed by atoms with E-state index in [1.807, 2.05) is 31.2 Å². The molecule has 2 N–H and O–H groups in total. The molecule has 0 unspecified atom stereocenters. The van der Waals surface area contributed by atoms with Gasteiger partial charge in [0.25, 0.3) is 0 Å². The summed E-state index contributed by atoms with van der Waals surface area (Å²) in [5.41, 5.74) is 4.80. The maximum absolute atomic E-state index is 5.17. The fourth-order valence-electron chi connectivity index (χ4n) is 1.47. The van der Waals surface area contributed by atoms with Gasteiger partial charge in [0, 0.05) is 11.4 Å². The second kappa shape index (κ2) is 8.48. The van der Waals surface area contributed by atoms with Gasteiger partial charge in [0.15, 0.2) is 5.11 Å². The van der Waals surface area contributed by atoms with Gasteiger partial charge >= 0.3 is 0 Å². The van der Waals surface area contributed by atoms with Gasteiger partial charge in [0.2, 0.25) is 0 Å². The Labute approximate surface area is 120 Å². The molecule has 5 heteroatoms. The summed E-state index contributed by atoms with van der Waals surface area (Å²) in [6, 6.07) is 7.56. The van der Waals surface area contributed by atoms with Crippen molar-refractivity contribution in [3.63, 3.8) is 0 Å². The highest BCUT2D eigenvalue weighted by Crippen LogP contribution is 2.14. The normalized spacial score (nSPS) is 11.0. The molecule has 1 aromatic carbocycles. The summed E-state index contributed by atoms with van der Waals surface area (Å²) in [6.45, 7) is 4.16. The topological polar surface area (TPSA) is 45.7 Å². The molecule has 0 heterocycles. The van der Waals surface area contributed by atoms with E-state index in [1.165, 1.54) is 6.42 Å². The van der Waals surface area contributed by atoms with E-state index in [4.69, 9.17) is 17.0 Å². The van der Waals surface area contributed by atoms with Crippen LogP contribution in [0.25, 0.3) is 0 Å². The Kier molecular flexibility index (Phi) is 6.89. The Balaban J connectivity index is 2.41. The third-order valence-electron chi connectivity index (χ3n) is 2.59. The third-order valence-corrected chi connectivity index (χ3v) is 2.78. The average molecular weight is 279 g/mol. The predicted molar refractivity (Wildman–Crippen MR) is 85.0 cm³/mol. The molecular formula is C14H21N3OS. The van der Waals surface area contributed by atoms with Gasteiger partial charge in [-0.3, -0.25) is 5.43 Å². The van der Waals surface area contributed by atoms with Crippen molar-refractivity contribution in [2.24, 2.45) is 5.10 Å². The van der Waals surface area contributed by atoms with E-state index in [0.717, 1.165) is 30.0 Å². The van der Waals surface area contributed by atoms with Crippen LogP contribution in [0.15, 0.2) is 29.4 Å². The fraction of sp³-hybridized carbons (Fsp3) is 0.429. The smallest absolute Gasteiger partial charge is 0.191 e. The number of benzene rings is 1. The summed E-state index contributed by atoms with van der Waals surface area (Å²) in [5.74, 6) is 0.817. The van der Waals surface area contributed by atoms with Crippen molar-refractivity contribution in [3.8, 4) is 5.75 Å². The predicted octanol–water partition coefficient (Wildman–Crippen LogP) is 3.55. The molecule has 104 valence electrons. The van der Waals surface area contributed by atoms with Crippen LogP contribution in [-0.4, -0.2) is 17.9 Å². The molecule has 19 heavy (non-hydrogen) atoms. The van der Waals surface area contributed by atoms with Gasteiger partial charge < -0.3 is 10.1 Å². The highest BCUT2D eigenvalue weighted by molar-refractivity contribution is 7.80. The summed E-state index contributed by atoms with van der Waals surface area (Å²) < 4.78 is 5.09. The van der Waals surface area contributed by atoms with Gasteiger partial charge in [-0.2, -0.15) is 5.10 Å². The van der Waals surface area contributed by atoms with Gasteiger partial charge in [-0.1, -0.05) is 13.3 Å². The standard InChI is InChI=1S/C14H21N3OS/c1-4-5-6-11(2)16-17-14(19)15-12-7-9-13(18-3)10-8-12/h7-10H,4-6H2,1-3H3,(H2,15,17,19)/b16-11-. The van der Waals surface area contributed by atoms with Crippen LogP contribution in [-0.2, 0) is 0 Å². The van der Waals surface area contributed by atoms with Gasteiger partial charge in [-0.15, -0.1) is 0 Å². The molecule has 0 aliphatic carbocycles. The first-order chi connectivity index (χ1) is 9.15. The number of anilines is 1. The van der Waals surface area contributed by atoms with Crippen LogP contribution >= 0.6 is 12.2 Å². The number of thiocarbonyl (C=S) groups is 1. The van der Waals surface area contributed by atoms with Crippen molar-refractivity contribution in [1.82, 2.24) is 5.43 Å². The van der Waals surface area contributed by atoms with Crippen molar-refractivity contribution >= 4 is 28.7 Å². The first-order valence-electron chi connectivity index (χ1n) is 6.40. The van der Waals surface area contributed by atoms with Crippen LogP contribution < -0.4 is 15.5 Å². The van der Waals surface area contributed by atoms with E-state index in [9.17, 15) is 0 Å². The Hall–Kier alpha value is -1.62. The van der Waals surface area contributed by atoms with Crippen LogP contribution in [0.2, 0.25) is 0 Å². The van der Waals surface area contributed by atoms with Crippen LogP contribution in [0.4, 0.5) is 5.69 Å². The molecule has 1 aromatic rings. The van der Waals surface area contributed by atoms with Gasteiger partial charge in [0.1, 0.15) is 5.75 Å². The molecule has 1 rings (SSSR count). The molecule has 4 nitrogen and oxygen atoms in total. The number of hydrazone groups is 1. The molecule has 0 amide bonds. The van der Waals surface area contributed by atoms with Gasteiger partial charge in [-0.05, 0) is 56.2 Å². The van der Waals surface area contributed by atoms with E-state index in [2.05, 4.69) is 22.8 Å². The van der Waals surface area contributed by atoms with E-state index in [0.29, 0.717) is 5.11 Å². The highest BCUT2D eigenvalue weighted by Gasteiger charge is 1.97. The van der Waals surface area contributed by atoms with Crippen molar-refractivity contribution in [3.05, 3.63) is 24.3 Å². The molecule has 0 radical (unpaired) electrons. The monoisotopic (exact) mass is 279 g/mol. The number of hydrogen-bond acceptors (Lipinski definition) is 3. The first kappa shape index (κ1) is 15.4. The summed E-state index contributed by atoms with van der Waals surface area (Å²) in [4.78, 5) is 0. The molecule has 0 saturated heterocycles. The lowest BCUT2D eigenvalue weighted by atomic mass is 10.2. The minimum atomic E-state index is 0.487. The van der Waals surface area contributed by atoms with Crippen molar-refractivity contribution in [2.45, 2.75) is 33.1 Å². The molecule has 0 aromatic heterocycles. The number of unbranched alkanes of at least 4 members (excludes halogenated alkanes) is 1. The third kappa shape index (κ3) is 6.20. The molecular weight excluding hydrogens is 258 g/mol. The van der Waals surface area contributed by atoms with Crippen molar-refractivity contribution in [2.75, 3.05) is 12.4 Å². The zero-order chi connectivity index (χ0) is 14.1. The Morgan fingerprint density at radius 1 is 1.32 bits per heavy atom. The second-order valence-electron chi connectivity index (χ2n) is 4.25. The summed E-state index contributed by atoms with van der Waals surface area (Å²) in [7, 11) is 1.64. The number of hydrogen-bond donors (Lipinski definition) is 2. The lowest BCUT2D eigenvalue weighted by Gasteiger charge is -2.08. The minimum Gasteiger partial charge on any atom is -0.497 e. The SMILES string of the molecule is CCCC/C(C)=N\NC(=S)Nc1ccc(OC)cc1. The van der Waals surface area contributed by atoms with E-state index < -0.39 is 0 Å². The van der Waals surface area contributed by atoms with Gasteiger partial charge in [0.05, 0.1) is 7.11 Å². The molecule has 0 bridgehead atoms. The molecule has 0 aliphatic heterocycles. The maximum Gasteiger partial charge on any atom is 0.191 e. The van der Waals surface area contributed by atoms with Gasteiger partial charge in [-0.25, -0.2) is 0 Å². The molecule has 0 fully saturated rings. The molecule has 0 saturated carbocycles. The summed E-state index contributed by atoms with van der Waals surface area (Å²) in [6.07, 6.45) is 3.31. The van der Waals surface area contributed by atoms with Crippen LogP contribution in [0.1, 0.15) is 33.1 Å². The quantitative estimate of drug-likeness (QED) is 0.475. The minimum absolute atomic E-state index is 0.487. The zero-order valence-electron chi connectivity index (χ0n) is 11.7. The Morgan fingerprint density at radius 3 is 2.58 bits per heavy atom. The van der Waals surface area contributed by atoms with Crippen LogP contribution in [0.3, 0.4) is 0 Å². The van der Waals surface area contributed by atoms with E-state index in [1.54, 1.807) is 7.11 Å². The largest absolute Gasteiger partial charge is 0.497 e. The molecule has 0 atom stereocenters. The number of nitrogens with zero attached hydrogens (tertiary/aromatic N) is 1. The molecule has 0 spiro atoms. The number of rotatable bonds is 6. The lowest BCUT2D eigenvalue weighted by Crippen LogP contribution is -2.24. The average Bonchev–Trinajstić information content (AvgIpc) is 2.43. The number of methoxy groups -OCH3 is 1. The second-order valence-corrected chi connectivity index (χ2v) is 4.65. The Morgan fingerprint density at radius 2 is 2.00 bits per heavy atom. The first-order valence-corrected chi connectivity index (χ1v) is 6.80. The molecule has 0 aliphatic rings. The summed E-state index contributed by atoms with van der Waals surface area (Å²) >= 11 is 5.17.